The van der Waals surface area contributed by atoms with Crippen LogP contribution in [0.4, 0.5) is 13.2 Å². The molecule has 0 aliphatic carbocycles. The van der Waals surface area contributed by atoms with Crippen molar-refractivity contribution in [3.63, 3.8) is 0 Å². The van der Waals surface area contributed by atoms with Gasteiger partial charge in [-0.2, -0.15) is 23.3 Å². The fourth-order valence-corrected chi connectivity index (χ4v) is 0.416. The third-order valence-electron chi connectivity index (χ3n) is 0.714. The molecule has 1 aromatic heterocycles. The molecule has 0 bridgehead atoms. The molecule has 0 saturated heterocycles. The van der Waals surface area contributed by atoms with Gasteiger partial charge in [0.25, 0.3) is 6.08 Å². The predicted molar refractivity (Wildman–Crippen MR) is 26.5 cm³/mol. The zero-order valence-corrected chi connectivity index (χ0v) is 4.61. The van der Waals surface area contributed by atoms with Crippen LogP contribution in [0.25, 0.3) is 6.08 Å². The minimum atomic E-state index is -1.96. The lowest BCUT2D eigenvalue weighted by Crippen LogP contribution is -1.74. The molecule has 0 radical (unpaired) electrons. The fourth-order valence-electron chi connectivity index (χ4n) is 0.416. The maximum atomic E-state index is 11.9. The van der Waals surface area contributed by atoms with Crippen LogP contribution in [0.1, 0.15) is 5.82 Å². The van der Waals surface area contributed by atoms with Crippen molar-refractivity contribution in [3.8, 4) is 0 Å². The Labute approximate surface area is 53.6 Å². The van der Waals surface area contributed by atoms with Crippen LogP contribution in [0.15, 0.2) is 6.08 Å². The van der Waals surface area contributed by atoms with Crippen molar-refractivity contribution in [3.05, 3.63) is 18.0 Å². The SMILES string of the molecule is FC(F)=Cc1n[nH]c(F)n1. The van der Waals surface area contributed by atoms with Gasteiger partial charge in [0.15, 0.2) is 5.82 Å². The van der Waals surface area contributed by atoms with Crippen LogP contribution in [-0.2, 0) is 0 Å². The first-order valence-electron chi connectivity index (χ1n) is 2.29. The number of rotatable bonds is 1. The third kappa shape index (κ3) is 1.57. The molecule has 0 fully saturated rings. The molecule has 10 heavy (non-hydrogen) atoms. The molecule has 1 N–H and O–H groups in total. The van der Waals surface area contributed by atoms with Gasteiger partial charge in [0.2, 0.25) is 0 Å². The quantitative estimate of drug-likeness (QED) is 0.651. The summed E-state index contributed by atoms with van der Waals surface area (Å²) in [6.45, 7) is 0. The Bertz CT molecular complexity index is 250. The smallest absolute Gasteiger partial charge is 0.235 e. The van der Waals surface area contributed by atoms with Crippen molar-refractivity contribution in [1.29, 1.82) is 0 Å². The molecule has 0 saturated carbocycles. The number of halogens is 3. The Morgan fingerprint density at radius 1 is 1.50 bits per heavy atom. The molecule has 3 nitrogen and oxygen atoms in total. The topological polar surface area (TPSA) is 41.6 Å². The summed E-state index contributed by atoms with van der Waals surface area (Å²) in [6.07, 6.45) is -2.58. The minimum absolute atomic E-state index is 0.361. The molecule has 0 spiro atoms. The van der Waals surface area contributed by atoms with Crippen LogP contribution in [-0.4, -0.2) is 15.2 Å². The Balaban J connectivity index is 2.86. The number of nitrogens with zero attached hydrogens (tertiary/aromatic N) is 2. The van der Waals surface area contributed by atoms with Gasteiger partial charge in [-0.05, 0) is 0 Å². The molecule has 1 rings (SSSR count). The summed E-state index contributed by atoms with van der Waals surface area (Å²) >= 11 is 0. The molecule has 1 heterocycles. The first kappa shape index (κ1) is 6.79. The van der Waals surface area contributed by atoms with Crippen LogP contribution >= 0.6 is 0 Å². The standard InChI is InChI=1S/C4H2F3N3/c5-2(6)1-3-8-4(7)10-9-3/h1H,(H,8,9,10). The zero-order chi connectivity index (χ0) is 7.56. The van der Waals surface area contributed by atoms with Crippen molar-refractivity contribution in [2.24, 2.45) is 0 Å². The lowest BCUT2D eigenvalue weighted by molar-refractivity contribution is 0.429. The van der Waals surface area contributed by atoms with Gasteiger partial charge in [0.05, 0.1) is 6.08 Å². The molecule has 0 atom stereocenters. The van der Waals surface area contributed by atoms with Gasteiger partial charge in [-0.3, -0.25) is 0 Å². The van der Waals surface area contributed by atoms with Gasteiger partial charge in [-0.15, -0.1) is 0 Å². The van der Waals surface area contributed by atoms with E-state index in [-0.39, 0.29) is 5.82 Å². The number of aromatic amines is 1. The predicted octanol–water partition coefficient (Wildman–Crippen LogP) is 1.18. The first-order chi connectivity index (χ1) is 4.68. The van der Waals surface area contributed by atoms with E-state index in [2.05, 4.69) is 10.1 Å². The molecule has 0 amide bonds. The maximum absolute atomic E-state index is 11.9. The molecular weight excluding hydrogens is 147 g/mol. The Morgan fingerprint density at radius 3 is 2.60 bits per heavy atom. The lowest BCUT2D eigenvalue weighted by atomic mass is 10.6. The average Bonchev–Trinajstić information content (AvgIpc) is 2.13. The van der Waals surface area contributed by atoms with E-state index in [9.17, 15) is 13.2 Å². The summed E-state index contributed by atoms with van der Waals surface area (Å²) in [5.74, 6) is -0.363. The van der Waals surface area contributed by atoms with Crippen LogP contribution in [0, 0.1) is 6.08 Å². The molecule has 0 unspecified atom stereocenters. The maximum Gasteiger partial charge on any atom is 0.305 e. The number of H-pyrrole nitrogens is 1. The number of nitrogens with one attached hydrogen (secondary N) is 1. The number of aromatic nitrogens is 3. The highest BCUT2D eigenvalue weighted by atomic mass is 19.3. The molecule has 0 aliphatic rings. The van der Waals surface area contributed by atoms with E-state index in [1.807, 2.05) is 0 Å². The normalized spacial score (nSPS) is 9.50. The summed E-state index contributed by atoms with van der Waals surface area (Å²) in [4.78, 5) is 2.96. The second-order valence-corrected chi connectivity index (χ2v) is 1.42. The van der Waals surface area contributed by atoms with Crippen LogP contribution in [0.3, 0.4) is 0 Å². The van der Waals surface area contributed by atoms with Gasteiger partial charge in [-0.1, -0.05) is 0 Å². The van der Waals surface area contributed by atoms with Crippen molar-refractivity contribution in [2.45, 2.75) is 0 Å². The van der Waals surface area contributed by atoms with Crippen molar-refractivity contribution in [2.75, 3.05) is 0 Å². The van der Waals surface area contributed by atoms with E-state index in [0.717, 1.165) is 0 Å². The monoisotopic (exact) mass is 149 g/mol. The lowest BCUT2D eigenvalue weighted by Gasteiger charge is -1.74. The summed E-state index contributed by atoms with van der Waals surface area (Å²) in [5.41, 5.74) is 0. The van der Waals surface area contributed by atoms with Crippen molar-refractivity contribution in [1.82, 2.24) is 15.2 Å². The Hall–Kier alpha value is -1.33. The molecule has 0 aromatic carbocycles. The minimum Gasteiger partial charge on any atom is -0.235 e. The molecule has 1 aromatic rings. The summed E-state index contributed by atoms with van der Waals surface area (Å²) in [5, 5.41) is 4.86. The first-order valence-corrected chi connectivity index (χ1v) is 2.29. The van der Waals surface area contributed by atoms with E-state index in [1.165, 1.54) is 0 Å². The highest BCUT2D eigenvalue weighted by molar-refractivity contribution is 5.38. The van der Waals surface area contributed by atoms with E-state index >= 15 is 0 Å². The largest absolute Gasteiger partial charge is 0.305 e. The Kier molecular flexibility index (Phi) is 1.70. The van der Waals surface area contributed by atoms with Gasteiger partial charge in [-0.25, -0.2) is 5.10 Å². The van der Waals surface area contributed by atoms with Crippen molar-refractivity contribution >= 4 is 6.08 Å². The van der Waals surface area contributed by atoms with Crippen LogP contribution in [0.5, 0.6) is 0 Å². The summed E-state index contributed by atoms with van der Waals surface area (Å²) < 4.78 is 34.6. The van der Waals surface area contributed by atoms with Crippen molar-refractivity contribution < 1.29 is 13.2 Å². The van der Waals surface area contributed by atoms with Gasteiger partial charge in [0.1, 0.15) is 0 Å². The molecule has 0 aliphatic heterocycles. The second-order valence-electron chi connectivity index (χ2n) is 1.42. The number of hydrogen-bond donors (Lipinski definition) is 1. The summed E-state index contributed by atoms with van der Waals surface area (Å²) in [7, 11) is 0. The molecule has 6 heteroatoms. The average molecular weight is 149 g/mol. The van der Waals surface area contributed by atoms with E-state index < -0.39 is 12.2 Å². The van der Waals surface area contributed by atoms with E-state index in [4.69, 9.17) is 0 Å². The molecular formula is C4H2F3N3. The molecule has 54 valence electrons. The highest BCUT2D eigenvalue weighted by Crippen LogP contribution is 2.02. The Morgan fingerprint density at radius 2 is 2.20 bits per heavy atom. The highest BCUT2D eigenvalue weighted by Gasteiger charge is 1.99. The summed E-state index contributed by atoms with van der Waals surface area (Å²) in [6, 6.07) is 0. The van der Waals surface area contributed by atoms with Gasteiger partial charge < -0.3 is 0 Å². The zero-order valence-electron chi connectivity index (χ0n) is 4.61. The number of hydrogen-bond acceptors (Lipinski definition) is 2. The van der Waals surface area contributed by atoms with E-state index in [0.29, 0.717) is 6.08 Å². The third-order valence-corrected chi connectivity index (χ3v) is 0.714. The van der Waals surface area contributed by atoms with Gasteiger partial charge >= 0.3 is 6.08 Å². The fraction of sp³-hybridized carbons (Fsp3) is 0. The van der Waals surface area contributed by atoms with Crippen LogP contribution < -0.4 is 0 Å². The van der Waals surface area contributed by atoms with Gasteiger partial charge in [0, 0.05) is 0 Å². The van der Waals surface area contributed by atoms with Crippen LogP contribution in [0.2, 0.25) is 0 Å². The van der Waals surface area contributed by atoms with E-state index in [1.54, 1.807) is 5.10 Å². The second kappa shape index (κ2) is 2.51.